The number of methoxy groups -OCH3 is 1. The Morgan fingerprint density at radius 3 is 1.95 bits per heavy atom. The molecule has 0 radical (unpaired) electrons. The molecule has 2 nitrogen and oxygen atoms in total. The van der Waals surface area contributed by atoms with Crippen LogP contribution in [0.15, 0.2) is 0 Å². The van der Waals surface area contributed by atoms with E-state index in [4.69, 9.17) is 0 Å². The molecule has 0 bridgehead atoms. The van der Waals surface area contributed by atoms with Gasteiger partial charge in [-0.15, -0.1) is 0 Å². The van der Waals surface area contributed by atoms with Crippen LogP contribution in [0.1, 0.15) is 96.8 Å². The molecule has 0 saturated heterocycles. The van der Waals surface area contributed by atoms with Crippen LogP contribution in [0.25, 0.3) is 0 Å². The van der Waals surface area contributed by atoms with E-state index in [2.05, 4.69) is 11.7 Å². The maximum atomic E-state index is 11.0. The average Bonchev–Trinajstić information content (AvgIpc) is 3.24. The van der Waals surface area contributed by atoms with E-state index in [1.54, 1.807) is 0 Å². The number of rotatable bonds is 14. The fraction of sp³-hybridized carbons (Fsp3) is 0.947. The summed E-state index contributed by atoms with van der Waals surface area (Å²) in [5.74, 6) is 1.94. The lowest BCUT2D eigenvalue weighted by Crippen LogP contribution is -1.99. The number of esters is 1. The van der Waals surface area contributed by atoms with Crippen molar-refractivity contribution in [3.8, 4) is 0 Å². The molecule has 1 rings (SSSR count). The molecule has 1 aliphatic rings. The molecule has 1 saturated carbocycles. The fourth-order valence-corrected chi connectivity index (χ4v) is 3.34. The van der Waals surface area contributed by atoms with Gasteiger partial charge >= 0.3 is 5.97 Å². The van der Waals surface area contributed by atoms with Crippen molar-refractivity contribution in [2.24, 2.45) is 11.8 Å². The molecule has 0 heterocycles. The molecular formula is C19H36O2. The minimum atomic E-state index is -0.0544. The highest BCUT2D eigenvalue weighted by Crippen LogP contribution is 2.45. The van der Waals surface area contributed by atoms with Gasteiger partial charge in [-0.25, -0.2) is 0 Å². The number of ether oxygens (including phenoxy) is 1. The molecule has 0 aromatic heterocycles. The van der Waals surface area contributed by atoms with Crippen LogP contribution in [0.3, 0.4) is 0 Å². The Hall–Kier alpha value is -0.530. The summed E-state index contributed by atoms with van der Waals surface area (Å²) in [5.41, 5.74) is 0. The van der Waals surface area contributed by atoms with Crippen LogP contribution >= 0.6 is 0 Å². The van der Waals surface area contributed by atoms with Crippen LogP contribution in [0.5, 0.6) is 0 Å². The zero-order valence-electron chi connectivity index (χ0n) is 14.4. The zero-order chi connectivity index (χ0) is 15.3. The molecule has 0 amide bonds. The molecule has 1 aliphatic carbocycles. The standard InChI is InChI=1S/C19H36O2/c1-3-4-5-6-7-8-9-10-13-17-16-18(17)14-11-12-15-19(20)21-2/h17-18H,3-16H2,1-2H3/t17-,18+/m1/s1. The minimum Gasteiger partial charge on any atom is -0.469 e. The number of carbonyl (C=O) groups excluding carboxylic acids is 1. The molecule has 0 unspecified atom stereocenters. The van der Waals surface area contributed by atoms with Crippen LogP contribution in [0, 0.1) is 11.8 Å². The summed E-state index contributed by atoms with van der Waals surface area (Å²) in [5, 5.41) is 0. The summed E-state index contributed by atoms with van der Waals surface area (Å²) in [6.07, 6.45) is 18.5. The number of carbonyl (C=O) groups is 1. The van der Waals surface area contributed by atoms with Crippen molar-refractivity contribution in [2.45, 2.75) is 96.8 Å². The molecule has 0 aromatic rings. The SMILES string of the molecule is CCCCCCCCCC[C@@H]1C[C@@H]1CCCCC(=O)OC. The molecular weight excluding hydrogens is 260 g/mol. The van der Waals surface area contributed by atoms with Crippen LogP contribution in [-0.4, -0.2) is 13.1 Å². The van der Waals surface area contributed by atoms with Gasteiger partial charge in [0.05, 0.1) is 7.11 Å². The fourth-order valence-electron chi connectivity index (χ4n) is 3.34. The zero-order valence-corrected chi connectivity index (χ0v) is 14.4. The molecule has 0 aliphatic heterocycles. The van der Waals surface area contributed by atoms with E-state index in [1.165, 1.54) is 84.2 Å². The van der Waals surface area contributed by atoms with Crippen molar-refractivity contribution in [2.75, 3.05) is 7.11 Å². The van der Waals surface area contributed by atoms with Gasteiger partial charge in [0.2, 0.25) is 0 Å². The second-order valence-electron chi connectivity index (χ2n) is 6.84. The van der Waals surface area contributed by atoms with Gasteiger partial charge in [0.15, 0.2) is 0 Å². The van der Waals surface area contributed by atoms with E-state index in [1.807, 2.05) is 0 Å². The maximum Gasteiger partial charge on any atom is 0.305 e. The first-order valence-electron chi connectivity index (χ1n) is 9.34. The predicted molar refractivity (Wildman–Crippen MR) is 89.3 cm³/mol. The molecule has 124 valence electrons. The van der Waals surface area contributed by atoms with Crippen molar-refractivity contribution < 1.29 is 9.53 Å². The van der Waals surface area contributed by atoms with Crippen LogP contribution in [-0.2, 0) is 9.53 Å². The van der Waals surface area contributed by atoms with Gasteiger partial charge in [-0.3, -0.25) is 4.79 Å². The Bertz CT molecular complexity index is 262. The maximum absolute atomic E-state index is 11.0. The summed E-state index contributed by atoms with van der Waals surface area (Å²) in [7, 11) is 1.48. The first-order valence-corrected chi connectivity index (χ1v) is 9.34. The van der Waals surface area contributed by atoms with Crippen molar-refractivity contribution in [1.82, 2.24) is 0 Å². The van der Waals surface area contributed by atoms with E-state index in [0.717, 1.165) is 18.3 Å². The Morgan fingerprint density at radius 1 is 0.857 bits per heavy atom. The van der Waals surface area contributed by atoms with Crippen molar-refractivity contribution in [1.29, 1.82) is 0 Å². The highest BCUT2D eigenvalue weighted by molar-refractivity contribution is 5.68. The lowest BCUT2D eigenvalue weighted by Gasteiger charge is -2.02. The smallest absolute Gasteiger partial charge is 0.305 e. The summed E-state index contributed by atoms with van der Waals surface area (Å²) in [6, 6.07) is 0. The van der Waals surface area contributed by atoms with E-state index < -0.39 is 0 Å². The van der Waals surface area contributed by atoms with E-state index >= 15 is 0 Å². The largest absolute Gasteiger partial charge is 0.469 e. The number of hydrogen-bond donors (Lipinski definition) is 0. The van der Waals surface area contributed by atoms with E-state index in [-0.39, 0.29) is 5.97 Å². The minimum absolute atomic E-state index is 0.0544. The van der Waals surface area contributed by atoms with Crippen LogP contribution in [0.2, 0.25) is 0 Å². The normalized spacial score (nSPS) is 20.5. The Morgan fingerprint density at radius 2 is 1.38 bits per heavy atom. The summed E-state index contributed by atoms with van der Waals surface area (Å²) in [4.78, 5) is 11.0. The molecule has 1 fully saturated rings. The third kappa shape index (κ3) is 9.92. The topological polar surface area (TPSA) is 26.3 Å². The Labute approximate surface area is 132 Å². The third-order valence-electron chi connectivity index (χ3n) is 4.93. The predicted octanol–water partition coefficient (Wildman–Crippen LogP) is 5.89. The lowest BCUT2D eigenvalue weighted by molar-refractivity contribution is -0.140. The lowest BCUT2D eigenvalue weighted by atomic mass is 10.0. The number of hydrogen-bond acceptors (Lipinski definition) is 2. The van der Waals surface area contributed by atoms with Crippen molar-refractivity contribution >= 4 is 5.97 Å². The molecule has 0 spiro atoms. The highest BCUT2D eigenvalue weighted by atomic mass is 16.5. The van der Waals surface area contributed by atoms with Crippen molar-refractivity contribution in [3.05, 3.63) is 0 Å². The Balaban J connectivity index is 1.79. The molecule has 21 heavy (non-hydrogen) atoms. The highest BCUT2D eigenvalue weighted by Gasteiger charge is 2.35. The van der Waals surface area contributed by atoms with E-state index in [9.17, 15) is 4.79 Å². The van der Waals surface area contributed by atoms with Gasteiger partial charge in [-0.2, -0.15) is 0 Å². The Kier molecular flexibility index (Phi) is 10.6. The van der Waals surface area contributed by atoms with Gasteiger partial charge in [-0.1, -0.05) is 77.6 Å². The monoisotopic (exact) mass is 296 g/mol. The van der Waals surface area contributed by atoms with Gasteiger partial charge in [-0.05, 0) is 24.7 Å². The van der Waals surface area contributed by atoms with Gasteiger partial charge in [0.25, 0.3) is 0 Å². The van der Waals surface area contributed by atoms with Crippen molar-refractivity contribution in [3.63, 3.8) is 0 Å². The van der Waals surface area contributed by atoms with Gasteiger partial charge < -0.3 is 4.74 Å². The van der Waals surface area contributed by atoms with Gasteiger partial charge in [0.1, 0.15) is 0 Å². The number of unbranched alkanes of at least 4 members (excludes halogenated alkanes) is 8. The summed E-state index contributed by atoms with van der Waals surface area (Å²) < 4.78 is 4.66. The van der Waals surface area contributed by atoms with Gasteiger partial charge in [0, 0.05) is 6.42 Å². The molecule has 2 heteroatoms. The molecule has 0 N–H and O–H groups in total. The summed E-state index contributed by atoms with van der Waals surface area (Å²) in [6.45, 7) is 2.28. The molecule has 2 atom stereocenters. The quantitative estimate of drug-likeness (QED) is 0.295. The van der Waals surface area contributed by atoms with E-state index in [0.29, 0.717) is 6.42 Å². The third-order valence-corrected chi connectivity index (χ3v) is 4.93. The first-order chi connectivity index (χ1) is 10.3. The second-order valence-corrected chi connectivity index (χ2v) is 6.84. The summed E-state index contributed by atoms with van der Waals surface area (Å²) >= 11 is 0. The first kappa shape index (κ1) is 18.5. The second kappa shape index (κ2) is 12.1. The average molecular weight is 296 g/mol. The van der Waals surface area contributed by atoms with Crippen LogP contribution < -0.4 is 0 Å². The van der Waals surface area contributed by atoms with Crippen LogP contribution in [0.4, 0.5) is 0 Å². The molecule has 0 aromatic carbocycles.